The van der Waals surface area contributed by atoms with E-state index >= 15 is 0 Å². The highest BCUT2D eigenvalue weighted by atomic mass is 16.5. The molecule has 1 N–H and O–H groups in total. The Bertz CT molecular complexity index is 1310. The Balaban J connectivity index is 1.45. The van der Waals surface area contributed by atoms with Crippen LogP contribution in [-0.2, 0) is 16.0 Å². The second-order valence-electron chi connectivity index (χ2n) is 8.17. The number of fused-ring (bicyclic) bond motifs is 1. The fourth-order valence-electron chi connectivity index (χ4n) is 3.78. The number of hydrogen-bond donors (Lipinski definition) is 1. The molecule has 7 nitrogen and oxygen atoms in total. The Morgan fingerprint density at radius 3 is 2.29 bits per heavy atom. The van der Waals surface area contributed by atoms with E-state index in [1.807, 2.05) is 45.0 Å². The molecule has 0 saturated heterocycles. The van der Waals surface area contributed by atoms with Crippen LogP contribution in [0.15, 0.2) is 60.7 Å². The summed E-state index contributed by atoms with van der Waals surface area (Å²) in [6, 6.07) is 17.1. The van der Waals surface area contributed by atoms with E-state index in [9.17, 15) is 19.2 Å². The van der Waals surface area contributed by atoms with E-state index < -0.39 is 30.3 Å². The molecule has 3 aromatic carbocycles. The Labute approximate surface area is 197 Å². The summed E-state index contributed by atoms with van der Waals surface area (Å²) < 4.78 is 5.11. The Kier molecular flexibility index (Phi) is 6.27. The largest absolute Gasteiger partial charge is 0.452 e. The van der Waals surface area contributed by atoms with Gasteiger partial charge in [0.1, 0.15) is 0 Å². The van der Waals surface area contributed by atoms with Crippen LogP contribution >= 0.6 is 0 Å². The summed E-state index contributed by atoms with van der Waals surface area (Å²) in [5.41, 5.74) is 4.39. The van der Waals surface area contributed by atoms with E-state index in [0.717, 1.165) is 28.0 Å². The summed E-state index contributed by atoms with van der Waals surface area (Å²) in [7, 11) is 0. The average Bonchev–Trinajstić information content (AvgIpc) is 3.08. The van der Waals surface area contributed by atoms with Gasteiger partial charge in [-0.05, 0) is 73.4 Å². The van der Waals surface area contributed by atoms with Crippen molar-refractivity contribution in [2.75, 3.05) is 16.8 Å². The fourth-order valence-corrected chi connectivity index (χ4v) is 3.78. The van der Waals surface area contributed by atoms with Crippen LogP contribution in [0.1, 0.15) is 54.7 Å². The van der Waals surface area contributed by atoms with Crippen LogP contribution in [0.4, 0.5) is 11.4 Å². The number of ether oxygens (including phenoxy) is 1. The van der Waals surface area contributed by atoms with Gasteiger partial charge in [0.2, 0.25) is 0 Å². The minimum atomic E-state index is -0.760. The minimum absolute atomic E-state index is 0.0859. The number of carbonyl (C=O) groups excluding carboxylic acids is 4. The number of amides is 3. The molecule has 0 aliphatic carbocycles. The van der Waals surface area contributed by atoms with Crippen molar-refractivity contribution in [2.24, 2.45) is 0 Å². The first-order valence-corrected chi connectivity index (χ1v) is 10.9. The third-order valence-electron chi connectivity index (χ3n) is 5.71. The maximum absolute atomic E-state index is 13.0. The number of hydrogen-bond acceptors (Lipinski definition) is 5. The van der Waals surface area contributed by atoms with E-state index in [0.29, 0.717) is 11.4 Å². The number of nitrogens with zero attached hydrogens (tertiary/aromatic N) is 1. The third-order valence-corrected chi connectivity index (χ3v) is 5.71. The van der Waals surface area contributed by atoms with Gasteiger partial charge in [-0.3, -0.25) is 14.4 Å². The summed E-state index contributed by atoms with van der Waals surface area (Å²) in [5.74, 6) is -2.19. The van der Waals surface area contributed by atoms with Crippen molar-refractivity contribution in [1.29, 1.82) is 0 Å². The van der Waals surface area contributed by atoms with E-state index in [1.165, 1.54) is 18.2 Å². The molecule has 3 aromatic rings. The SMILES string of the molecule is CCc1ccc(NC(=O)COC(=O)c2ccc3c(c2)C(=O)N(c2cc(C)ccc2C)C3=O)cc1. The van der Waals surface area contributed by atoms with Crippen molar-refractivity contribution in [2.45, 2.75) is 27.2 Å². The zero-order valence-corrected chi connectivity index (χ0v) is 19.2. The number of benzene rings is 3. The lowest BCUT2D eigenvalue weighted by Crippen LogP contribution is -2.30. The molecule has 0 radical (unpaired) electrons. The zero-order chi connectivity index (χ0) is 24.4. The molecule has 0 fully saturated rings. The van der Waals surface area contributed by atoms with Crippen LogP contribution in [-0.4, -0.2) is 30.3 Å². The summed E-state index contributed by atoms with van der Waals surface area (Å²) in [5, 5.41) is 2.67. The zero-order valence-electron chi connectivity index (χ0n) is 19.2. The van der Waals surface area contributed by atoms with Crippen molar-refractivity contribution in [1.82, 2.24) is 0 Å². The molecule has 1 aliphatic rings. The van der Waals surface area contributed by atoms with Gasteiger partial charge in [0.05, 0.1) is 22.4 Å². The van der Waals surface area contributed by atoms with Crippen LogP contribution in [0.2, 0.25) is 0 Å². The summed E-state index contributed by atoms with van der Waals surface area (Å²) in [4.78, 5) is 51.8. The molecule has 4 rings (SSSR count). The first kappa shape index (κ1) is 22.9. The van der Waals surface area contributed by atoms with E-state index in [1.54, 1.807) is 18.2 Å². The smallest absolute Gasteiger partial charge is 0.338 e. The van der Waals surface area contributed by atoms with Crippen LogP contribution in [0.3, 0.4) is 0 Å². The number of carbonyl (C=O) groups is 4. The van der Waals surface area contributed by atoms with Gasteiger partial charge in [0.25, 0.3) is 17.7 Å². The molecule has 1 aliphatic heterocycles. The molecule has 0 spiro atoms. The summed E-state index contributed by atoms with van der Waals surface area (Å²) >= 11 is 0. The molecular formula is C27H24N2O5. The van der Waals surface area contributed by atoms with Gasteiger partial charge in [-0.1, -0.05) is 31.2 Å². The van der Waals surface area contributed by atoms with Crippen LogP contribution in [0.25, 0.3) is 0 Å². The highest BCUT2D eigenvalue weighted by molar-refractivity contribution is 6.35. The van der Waals surface area contributed by atoms with Crippen molar-refractivity contribution in [3.05, 3.63) is 94.0 Å². The van der Waals surface area contributed by atoms with Gasteiger partial charge in [-0.2, -0.15) is 0 Å². The lowest BCUT2D eigenvalue weighted by Gasteiger charge is -2.17. The van der Waals surface area contributed by atoms with Crippen LogP contribution < -0.4 is 10.2 Å². The van der Waals surface area contributed by atoms with Crippen molar-refractivity contribution in [3.8, 4) is 0 Å². The monoisotopic (exact) mass is 456 g/mol. The average molecular weight is 456 g/mol. The highest BCUT2D eigenvalue weighted by Crippen LogP contribution is 2.31. The lowest BCUT2D eigenvalue weighted by atomic mass is 10.1. The molecule has 0 saturated carbocycles. The highest BCUT2D eigenvalue weighted by Gasteiger charge is 2.38. The maximum Gasteiger partial charge on any atom is 0.338 e. The number of imide groups is 1. The molecule has 0 unspecified atom stereocenters. The van der Waals surface area contributed by atoms with E-state index in [4.69, 9.17) is 4.74 Å². The number of rotatable bonds is 6. The predicted octanol–water partition coefficient (Wildman–Crippen LogP) is 4.46. The van der Waals surface area contributed by atoms with E-state index in [-0.39, 0.29) is 16.7 Å². The summed E-state index contributed by atoms with van der Waals surface area (Å²) in [6.45, 7) is 5.26. The fraction of sp³-hybridized carbons (Fsp3) is 0.185. The normalized spacial score (nSPS) is 12.5. The van der Waals surface area contributed by atoms with Gasteiger partial charge < -0.3 is 10.1 Å². The van der Waals surface area contributed by atoms with Crippen molar-refractivity contribution >= 4 is 35.1 Å². The molecule has 1 heterocycles. The predicted molar refractivity (Wildman–Crippen MR) is 128 cm³/mol. The minimum Gasteiger partial charge on any atom is -0.452 e. The number of nitrogens with one attached hydrogen (secondary N) is 1. The first-order valence-electron chi connectivity index (χ1n) is 10.9. The van der Waals surface area contributed by atoms with E-state index in [2.05, 4.69) is 5.32 Å². The van der Waals surface area contributed by atoms with Crippen LogP contribution in [0, 0.1) is 13.8 Å². The second-order valence-corrected chi connectivity index (χ2v) is 8.17. The third kappa shape index (κ3) is 4.45. The van der Waals surface area contributed by atoms with Gasteiger partial charge >= 0.3 is 5.97 Å². The number of anilines is 2. The van der Waals surface area contributed by atoms with Crippen molar-refractivity contribution < 1.29 is 23.9 Å². The Morgan fingerprint density at radius 1 is 0.882 bits per heavy atom. The van der Waals surface area contributed by atoms with Gasteiger partial charge in [-0.15, -0.1) is 0 Å². The molecule has 0 atom stereocenters. The Morgan fingerprint density at radius 2 is 1.59 bits per heavy atom. The molecule has 7 heteroatoms. The summed E-state index contributed by atoms with van der Waals surface area (Å²) in [6.07, 6.45) is 0.892. The number of aryl methyl sites for hydroxylation is 3. The molecule has 0 bridgehead atoms. The first-order chi connectivity index (χ1) is 16.3. The van der Waals surface area contributed by atoms with Gasteiger partial charge in [0.15, 0.2) is 6.61 Å². The quantitative estimate of drug-likeness (QED) is 0.437. The second kappa shape index (κ2) is 9.31. The molecule has 34 heavy (non-hydrogen) atoms. The topological polar surface area (TPSA) is 92.8 Å². The molecule has 172 valence electrons. The van der Waals surface area contributed by atoms with Crippen molar-refractivity contribution in [3.63, 3.8) is 0 Å². The molecule has 3 amide bonds. The Hall–Kier alpha value is -4.26. The maximum atomic E-state index is 13.0. The standard InChI is InChI=1S/C27H24N2O5/c1-4-18-7-10-20(11-8-18)28-24(30)15-34-27(33)19-9-12-21-22(14-19)26(32)29(25(21)31)23-13-16(2)5-6-17(23)3/h5-14H,4,15H2,1-3H3,(H,28,30). The van der Waals surface area contributed by atoms with Gasteiger partial charge in [-0.25, -0.2) is 9.69 Å². The van der Waals surface area contributed by atoms with Gasteiger partial charge in [0, 0.05) is 5.69 Å². The molecular weight excluding hydrogens is 432 g/mol. The number of esters is 1. The lowest BCUT2D eigenvalue weighted by molar-refractivity contribution is -0.119. The van der Waals surface area contributed by atoms with Crippen LogP contribution in [0.5, 0.6) is 0 Å². The molecule has 0 aromatic heterocycles.